The van der Waals surface area contributed by atoms with Crippen molar-refractivity contribution in [1.29, 1.82) is 5.26 Å². The summed E-state index contributed by atoms with van der Waals surface area (Å²) in [5.41, 5.74) is 12.9. The number of hydrogen-bond acceptors (Lipinski definition) is 6. The van der Waals surface area contributed by atoms with Gasteiger partial charge in [0.25, 0.3) is 0 Å². The molecule has 2 aromatic rings. The summed E-state index contributed by atoms with van der Waals surface area (Å²) in [5.74, 6) is 0.153. The molecule has 108 valence electrons. The van der Waals surface area contributed by atoms with Gasteiger partial charge in [-0.3, -0.25) is 0 Å². The fraction of sp³-hybridized carbons (Fsp3) is 0.267. The molecule has 6 heteroatoms. The third-order valence-corrected chi connectivity index (χ3v) is 3.15. The summed E-state index contributed by atoms with van der Waals surface area (Å²) >= 11 is 0. The quantitative estimate of drug-likeness (QED) is 0.737. The van der Waals surface area contributed by atoms with Crippen molar-refractivity contribution < 1.29 is 5.11 Å². The van der Waals surface area contributed by atoms with Crippen LogP contribution in [0.4, 0.5) is 11.8 Å². The molecule has 0 saturated heterocycles. The van der Waals surface area contributed by atoms with E-state index in [0.29, 0.717) is 11.3 Å². The Kier molecular flexibility index (Phi) is 3.44. The number of hydrogen-bond donors (Lipinski definition) is 3. The standard InChI is InChI=1S/C15H17N5O/c1-15(2,3)10-5-4-8(6-11(10)21)12-9(7-16)13(17)20-14(18)19-12/h4-6,21H,1-3H3,(H4,17,18,19,20). The van der Waals surface area contributed by atoms with E-state index in [1.165, 1.54) is 0 Å². The predicted octanol–water partition coefficient (Wildman–Crippen LogP) is 2.18. The average Bonchev–Trinajstić information content (AvgIpc) is 2.36. The Morgan fingerprint density at radius 3 is 2.38 bits per heavy atom. The van der Waals surface area contributed by atoms with Crippen LogP contribution in [0.5, 0.6) is 5.75 Å². The highest BCUT2D eigenvalue weighted by atomic mass is 16.3. The number of aromatic hydroxyl groups is 1. The maximum Gasteiger partial charge on any atom is 0.222 e. The Morgan fingerprint density at radius 2 is 1.86 bits per heavy atom. The number of anilines is 2. The highest BCUT2D eigenvalue weighted by Gasteiger charge is 2.20. The first-order valence-electron chi connectivity index (χ1n) is 6.41. The molecular formula is C15H17N5O. The van der Waals surface area contributed by atoms with Gasteiger partial charge in [-0.15, -0.1) is 0 Å². The molecule has 21 heavy (non-hydrogen) atoms. The summed E-state index contributed by atoms with van der Waals surface area (Å²) in [5, 5.41) is 19.4. The highest BCUT2D eigenvalue weighted by Crippen LogP contribution is 2.35. The molecule has 1 aromatic carbocycles. The summed E-state index contributed by atoms with van der Waals surface area (Å²) < 4.78 is 0. The van der Waals surface area contributed by atoms with E-state index in [1.807, 2.05) is 26.8 Å². The molecule has 0 spiro atoms. The zero-order valence-electron chi connectivity index (χ0n) is 12.2. The summed E-state index contributed by atoms with van der Waals surface area (Å²) in [6, 6.07) is 7.11. The molecule has 0 aliphatic rings. The predicted molar refractivity (Wildman–Crippen MR) is 81.4 cm³/mol. The minimum absolute atomic E-state index is 0.0131. The normalized spacial score (nSPS) is 11.1. The van der Waals surface area contributed by atoms with E-state index in [2.05, 4.69) is 9.97 Å². The molecular weight excluding hydrogens is 266 g/mol. The first-order chi connectivity index (χ1) is 9.74. The van der Waals surface area contributed by atoms with Crippen LogP contribution >= 0.6 is 0 Å². The molecule has 0 radical (unpaired) electrons. The first-order valence-corrected chi connectivity index (χ1v) is 6.41. The molecule has 6 nitrogen and oxygen atoms in total. The molecule has 0 amide bonds. The number of phenolic OH excluding ortho intramolecular Hbond substituents is 1. The van der Waals surface area contributed by atoms with Crippen molar-refractivity contribution >= 4 is 11.8 Å². The number of nitrogen functional groups attached to an aromatic ring is 2. The Hall–Kier alpha value is -2.81. The molecule has 0 aliphatic heterocycles. The number of rotatable bonds is 1. The van der Waals surface area contributed by atoms with Gasteiger partial charge in [0, 0.05) is 5.56 Å². The van der Waals surface area contributed by atoms with E-state index < -0.39 is 0 Å². The lowest BCUT2D eigenvalue weighted by Crippen LogP contribution is -2.11. The Bertz CT molecular complexity index is 741. The third-order valence-electron chi connectivity index (χ3n) is 3.15. The second kappa shape index (κ2) is 4.94. The highest BCUT2D eigenvalue weighted by molar-refractivity contribution is 5.74. The Morgan fingerprint density at radius 1 is 1.19 bits per heavy atom. The zero-order valence-corrected chi connectivity index (χ0v) is 12.2. The van der Waals surface area contributed by atoms with Crippen LogP contribution in [0.25, 0.3) is 11.3 Å². The van der Waals surface area contributed by atoms with E-state index >= 15 is 0 Å². The average molecular weight is 283 g/mol. The van der Waals surface area contributed by atoms with Gasteiger partial charge in [0.15, 0.2) is 0 Å². The van der Waals surface area contributed by atoms with Crippen LogP contribution in [0.2, 0.25) is 0 Å². The molecule has 0 bridgehead atoms. The van der Waals surface area contributed by atoms with Crippen LogP contribution in [0.15, 0.2) is 18.2 Å². The van der Waals surface area contributed by atoms with E-state index in [4.69, 9.17) is 11.5 Å². The van der Waals surface area contributed by atoms with Crippen molar-refractivity contribution in [1.82, 2.24) is 9.97 Å². The Labute approximate surface area is 123 Å². The maximum absolute atomic E-state index is 10.2. The van der Waals surface area contributed by atoms with E-state index in [-0.39, 0.29) is 28.5 Å². The van der Waals surface area contributed by atoms with Crippen molar-refractivity contribution in [3.05, 3.63) is 29.3 Å². The number of nitrogens with zero attached hydrogens (tertiary/aromatic N) is 3. The zero-order chi connectivity index (χ0) is 15.8. The van der Waals surface area contributed by atoms with Crippen molar-refractivity contribution in [2.45, 2.75) is 26.2 Å². The molecule has 0 atom stereocenters. The monoisotopic (exact) mass is 283 g/mol. The van der Waals surface area contributed by atoms with Crippen LogP contribution in [-0.2, 0) is 5.41 Å². The molecule has 0 aliphatic carbocycles. The fourth-order valence-corrected chi connectivity index (χ4v) is 2.13. The van der Waals surface area contributed by atoms with Crippen LogP contribution in [-0.4, -0.2) is 15.1 Å². The van der Waals surface area contributed by atoms with Gasteiger partial charge in [0.1, 0.15) is 23.2 Å². The van der Waals surface area contributed by atoms with Gasteiger partial charge in [0.05, 0.1) is 5.69 Å². The van der Waals surface area contributed by atoms with Crippen LogP contribution in [0.1, 0.15) is 31.9 Å². The van der Waals surface area contributed by atoms with Crippen molar-refractivity contribution in [3.63, 3.8) is 0 Å². The number of benzene rings is 1. The van der Waals surface area contributed by atoms with E-state index in [1.54, 1.807) is 18.2 Å². The van der Waals surface area contributed by atoms with Gasteiger partial charge in [0.2, 0.25) is 5.95 Å². The maximum atomic E-state index is 10.2. The van der Waals surface area contributed by atoms with Gasteiger partial charge in [-0.1, -0.05) is 32.9 Å². The van der Waals surface area contributed by atoms with Gasteiger partial charge >= 0.3 is 0 Å². The molecule has 2 rings (SSSR count). The molecule has 0 saturated carbocycles. The number of phenols is 1. The number of aromatic nitrogens is 2. The van der Waals surface area contributed by atoms with Gasteiger partial charge in [-0.25, -0.2) is 4.98 Å². The van der Waals surface area contributed by atoms with Crippen molar-refractivity contribution in [2.75, 3.05) is 11.5 Å². The van der Waals surface area contributed by atoms with E-state index in [0.717, 1.165) is 5.56 Å². The van der Waals surface area contributed by atoms with Crippen molar-refractivity contribution in [2.24, 2.45) is 0 Å². The number of nitriles is 1. The molecule has 0 unspecified atom stereocenters. The summed E-state index contributed by atoms with van der Waals surface area (Å²) in [7, 11) is 0. The molecule has 1 heterocycles. The SMILES string of the molecule is CC(C)(C)c1ccc(-c2nc(N)nc(N)c2C#N)cc1O. The third kappa shape index (κ3) is 2.72. The summed E-state index contributed by atoms with van der Waals surface area (Å²) in [6.07, 6.45) is 0. The van der Waals surface area contributed by atoms with Crippen LogP contribution in [0, 0.1) is 11.3 Å². The van der Waals surface area contributed by atoms with Crippen molar-refractivity contribution in [3.8, 4) is 23.1 Å². The molecule has 1 aromatic heterocycles. The topological polar surface area (TPSA) is 122 Å². The minimum Gasteiger partial charge on any atom is -0.508 e. The van der Waals surface area contributed by atoms with Crippen LogP contribution < -0.4 is 11.5 Å². The molecule has 0 fully saturated rings. The lowest BCUT2D eigenvalue weighted by atomic mass is 9.85. The van der Waals surface area contributed by atoms with Gasteiger partial charge < -0.3 is 16.6 Å². The second-order valence-corrected chi connectivity index (χ2v) is 5.78. The smallest absolute Gasteiger partial charge is 0.222 e. The first kappa shape index (κ1) is 14.6. The van der Waals surface area contributed by atoms with Crippen LogP contribution in [0.3, 0.4) is 0 Å². The lowest BCUT2D eigenvalue weighted by molar-refractivity contribution is 0.447. The summed E-state index contributed by atoms with van der Waals surface area (Å²) in [6.45, 7) is 6.01. The Balaban J connectivity index is 2.65. The lowest BCUT2D eigenvalue weighted by Gasteiger charge is -2.20. The van der Waals surface area contributed by atoms with Gasteiger partial charge in [-0.05, 0) is 17.0 Å². The fourth-order valence-electron chi connectivity index (χ4n) is 2.13. The summed E-state index contributed by atoms with van der Waals surface area (Å²) in [4.78, 5) is 7.83. The second-order valence-electron chi connectivity index (χ2n) is 5.78. The number of nitrogens with two attached hydrogens (primary N) is 2. The largest absolute Gasteiger partial charge is 0.508 e. The van der Waals surface area contributed by atoms with E-state index in [9.17, 15) is 10.4 Å². The molecule has 5 N–H and O–H groups in total. The van der Waals surface area contributed by atoms with Gasteiger partial charge in [-0.2, -0.15) is 10.2 Å². The minimum atomic E-state index is -0.190.